The molecule has 17 heavy (non-hydrogen) atoms. The summed E-state index contributed by atoms with van der Waals surface area (Å²) in [5.74, 6) is 0. The fourth-order valence-electron chi connectivity index (χ4n) is 1.33. The fourth-order valence-corrected chi connectivity index (χ4v) is 2.76. The molecule has 0 spiro atoms. The van der Waals surface area contributed by atoms with Crippen LogP contribution in [0.25, 0.3) is 0 Å². The van der Waals surface area contributed by atoms with Crippen LogP contribution in [-0.2, 0) is 26.7 Å². The maximum Gasteiger partial charge on any atom is 0.296 e. The molecular weight excluding hydrogens is 270 g/mol. The Labute approximate surface area is 98.8 Å². The lowest BCUT2D eigenvalue weighted by Gasteiger charge is -2.08. The van der Waals surface area contributed by atoms with Crippen LogP contribution >= 0.6 is 0 Å². The molecule has 0 bridgehead atoms. The highest BCUT2D eigenvalue weighted by molar-refractivity contribution is 7.86. The molecule has 0 saturated carbocycles. The van der Waals surface area contributed by atoms with E-state index in [9.17, 15) is 16.8 Å². The molecule has 0 aliphatic heterocycles. The van der Waals surface area contributed by atoms with Crippen molar-refractivity contribution < 1.29 is 25.9 Å². The Morgan fingerprint density at radius 1 is 1.06 bits per heavy atom. The van der Waals surface area contributed by atoms with Gasteiger partial charge in [-0.25, -0.2) is 0 Å². The molecule has 3 N–H and O–H groups in total. The van der Waals surface area contributed by atoms with E-state index in [1.54, 1.807) is 6.92 Å². The van der Waals surface area contributed by atoms with E-state index in [1.807, 2.05) is 0 Å². The van der Waals surface area contributed by atoms with Gasteiger partial charge in [-0.15, -0.1) is 0 Å². The molecule has 0 atom stereocenters. The summed E-state index contributed by atoms with van der Waals surface area (Å²) < 4.78 is 61.5. The van der Waals surface area contributed by atoms with Crippen molar-refractivity contribution in [2.24, 2.45) is 0 Å². The lowest BCUT2D eigenvalue weighted by atomic mass is 10.1. The quantitative estimate of drug-likeness (QED) is 0.781. The Morgan fingerprint density at radius 3 is 1.88 bits per heavy atom. The second kappa shape index (κ2) is 4.26. The van der Waals surface area contributed by atoms with Gasteiger partial charge in [0.15, 0.2) is 0 Å². The van der Waals surface area contributed by atoms with E-state index in [-0.39, 0.29) is 12.0 Å². The molecule has 0 fully saturated rings. The zero-order valence-corrected chi connectivity index (χ0v) is 10.3. The second-order valence-corrected chi connectivity index (χ2v) is 6.04. The van der Waals surface area contributed by atoms with Gasteiger partial charge >= 0.3 is 0 Å². The van der Waals surface area contributed by atoms with Crippen LogP contribution in [0.15, 0.2) is 21.9 Å². The molecule has 0 aromatic heterocycles. The molecule has 0 aliphatic rings. The van der Waals surface area contributed by atoms with Gasteiger partial charge in [0.1, 0.15) is 4.90 Å². The van der Waals surface area contributed by atoms with Crippen LogP contribution in [0.5, 0.6) is 0 Å². The molecule has 0 heterocycles. The van der Waals surface area contributed by atoms with Gasteiger partial charge in [0, 0.05) is 0 Å². The van der Waals surface area contributed by atoms with E-state index >= 15 is 0 Å². The highest BCUT2D eigenvalue weighted by Crippen LogP contribution is 2.27. The number of benzene rings is 1. The number of hydrogen-bond acceptors (Lipinski definition) is 4. The van der Waals surface area contributed by atoms with Crippen LogP contribution < -0.4 is 5.73 Å². The Balaban J connectivity index is 3.69. The predicted octanol–water partition coefficient (Wildman–Crippen LogP) is 0.657. The highest BCUT2D eigenvalue weighted by atomic mass is 32.2. The van der Waals surface area contributed by atoms with Gasteiger partial charge in [-0.05, 0) is 24.1 Å². The number of hydrogen-bond donors (Lipinski definition) is 2. The van der Waals surface area contributed by atoms with Crippen molar-refractivity contribution in [3.63, 3.8) is 0 Å². The van der Waals surface area contributed by atoms with Gasteiger partial charge in [0.2, 0.25) is 0 Å². The van der Waals surface area contributed by atoms with Gasteiger partial charge < -0.3 is 0 Å². The Hall–Kier alpha value is -1.16. The molecule has 0 amide bonds. The van der Waals surface area contributed by atoms with Crippen LogP contribution in [0.2, 0.25) is 0 Å². The molecule has 0 unspecified atom stereocenters. The third-order valence-corrected chi connectivity index (χ3v) is 3.93. The van der Waals surface area contributed by atoms with Crippen molar-refractivity contribution >= 4 is 25.9 Å². The summed E-state index contributed by atoms with van der Waals surface area (Å²) in [5, 5.41) is 0. The van der Waals surface area contributed by atoms with E-state index in [2.05, 4.69) is 0 Å². The minimum atomic E-state index is -4.59. The maximum atomic E-state index is 11.0. The lowest BCUT2D eigenvalue weighted by molar-refractivity contribution is 0.477. The normalized spacial score (nSPS) is 12.6. The third-order valence-electron chi connectivity index (χ3n) is 2.10. The Bertz CT molecular complexity index is 647. The van der Waals surface area contributed by atoms with Gasteiger partial charge in [-0.3, -0.25) is 14.8 Å². The average Bonchev–Trinajstić information content (AvgIpc) is 2.14. The zero-order chi connectivity index (χ0) is 13.4. The molecule has 1 radical (unpaired) electrons. The highest BCUT2D eigenvalue weighted by Gasteiger charge is 2.22. The predicted molar refractivity (Wildman–Crippen MR) is 58.2 cm³/mol. The van der Waals surface area contributed by atoms with Crippen LogP contribution in [0.4, 0.5) is 5.69 Å². The van der Waals surface area contributed by atoms with Gasteiger partial charge in [-0.2, -0.15) is 16.8 Å². The van der Waals surface area contributed by atoms with E-state index in [4.69, 9.17) is 14.8 Å². The van der Waals surface area contributed by atoms with Crippen LogP contribution in [-0.4, -0.2) is 25.9 Å². The third kappa shape index (κ3) is 2.94. The molecule has 7 nitrogen and oxygen atoms in total. The van der Waals surface area contributed by atoms with Crippen molar-refractivity contribution in [1.82, 2.24) is 5.73 Å². The van der Waals surface area contributed by atoms with Crippen molar-refractivity contribution in [3.8, 4) is 0 Å². The second-order valence-electron chi connectivity index (χ2n) is 3.26. The standard InChI is InChI=1S/C8H10NO6S2/c1-2-5-3-8(17(13,14)15)6(9)4-7(5)16(10,11)12/h3-4,9H,2H2,1H3,(H,10,11,12)(H,13,14,15). The zero-order valence-electron chi connectivity index (χ0n) is 8.71. The number of aryl methyl sites for hydroxylation is 1. The first-order valence-electron chi connectivity index (χ1n) is 4.41. The fraction of sp³-hybridized carbons (Fsp3) is 0.250. The first-order valence-corrected chi connectivity index (χ1v) is 7.29. The van der Waals surface area contributed by atoms with E-state index in [0.717, 1.165) is 6.07 Å². The topological polar surface area (TPSA) is 133 Å². The van der Waals surface area contributed by atoms with Crippen LogP contribution in [0.3, 0.4) is 0 Å². The minimum absolute atomic E-state index is 0.0103. The van der Waals surface area contributed by atoms with Gasteiger partial charge in [0.25, 0.3) is 20.2 Å². The molecule has 1 aromatic carbocycles. The Morgan fingerprint density at radius 2 is 1.53 bits per heavy atom. The van der Waals surface area contributed by atoms with Crippen LogP contribution in [0, 0.1) is 0 Å². The lowest BCUT2D eigenvalue weighted by Crippen LogP contribution is -2.07. The smallest absolute Gasteiger partial charge is 0.296 e. The first kappa shape index (κ1) is 13.9. The summed E-state index contributed by atoms with van der Waals surface area (Å²) >= 11 is 0. The summed E-state index contributed by atoms with van der Waals surface area (Å²) in [6.45, 7) is 1.54. The van der Waals surface area contributed by atoms with Crippen molar-refractivity contribution in [2.45, 2.75) is 23.1 Å². The number of rotatable bonds is 3. The minimum Gasteiger partial charge on any atom is -0.299 e. The molecule has 1 rings (SSSR count). The molecular formula is C8H10NO6S2. The van der Waals surface area contributed by atoms with E-state index < -0.39 is 35.7 Å². The summed E-state index contributed by atoms with van der Waals surface area (Å²) in [6, 6.07) is 1.55. The van der Waals surface area contributed by atoms with Crippen LogP contribution in [0.1, 0.15) is 12.5 Å². The summed E-state index contributed by atoms with van der Waals surface area (Å²) in [5.41, 5.74) is 6.62. The SMILES string of the molecule is CCc1cc(S(=O)(=O)O)c([NH])cc1S(=O)(=O)O. The van der Waals surface area contributed by atoms with Gasteiger partial charge in [-0.1, -0.05) is 6.92 Å². The molecule has 9 heteroatoms. The summed E-state index contributed by atoms with van der Waals surface area (Å²) in [7, 11) is -9.12. The maximum absolute atomic E-state index is 11.0. The Kier molecular flexibility index (Phi) is 3.48. The van der Waals surface area contributed by atoms with Gasteiger partial charge in [0.05, 0.1) is 10.6 Å². The van der Waals surface area contributed by atoms with E-state index in [1.165, 1.54) is 0 Å². The molecule has 1 aromatic rings. The molecule has 95 valence electrons. The van der Waals surface area contributed by atoms with E-state index in [0.29, 0.717) is 6.07 Å². The number of nitrogens with one attached hydrogen (secondary N) is 1. The largest absolute Gasteiger partial charge is 0.299 e. The van der Waals surface area contributed by atoms with Crippen molar-refractivity contribution in [2.75, 3.05) is 0 Å². The van der Waals surface area contributed by atoms with Crippen molar-refractivity contribution in [3.05, 3.63) is 17.7 Å². The summed E-state index contributed by atoms with van der Waals surface area (Å²) in [4.78, 5) is -1.22. The monoisotopic (exact) mass is 280 g/mol. The summed E-state index contributed by atoms with van der Waals surface area (Å²) in [6.07, 6.45) is 0.123. The van der Waals surface area contributed by atoms with Crippen molar-refractivity contribution in [1.29, 1.82) is 0 Å². The molecule has 0 aliphatic carbocycles. The molecule has 0 saturated heterocycles. The first-order chi connectivity index (χ1) is 7.57. The average molecular weight is 280 g/mol.